The number of carbonyl (C=O) groups excluding carboxylic acids is 2. The molecule has 0 aromatic heterocycles. The van der Waals surface area contributed by atoms with E-state index in [0.717, 1.165) is 103 Å². The van der Waals surface area contributed by atoms with Crippen molar-refractivity contribution in [2.45, 2.75) is 161 Å². The number of carboxylic acids is 1. The molecule has 0 aromatic carbocycles. The van der Waals surface area contributed by atoms with E-state index in [-0.39, 0.29) is 18.0 Å². The monoisotopic (exact) mass is 721 g/mol. The van der Waals surface area contributed by atoms with Crippen LogP contribution in [-0.4, -0.2) is 41.6 Å². The molecule has 0 saturated heterocycles. The van der Waals surface area contributed by atoms with Gasteiger partial charge in [0.2, 0.25) is 5.91 Å². The van der Waals surface area contributed by atoms with Crippen molar-refractivity contribution >= 4 is 17.8 Å². The number of unbranched alkanes of at least 4 members (excludes halogenated alkanes) is 6. The average Bonchev–Trinajstić information content (AvgIpc) is 3.13. The van der Waals surface area contributed by atoms with E-state index in [0.29, 0.717) is 38.6 Å². The molecule has 0 aliphatic heterocycles. The summed E-state index contributed by atoms with van der Waals surface area (Å²) in [6, 6.07) is -0.884. The number of ether oxygens (including phenoxy) is 1. The summed E-state index contributed by atoms with van der Waals surface area (Å²) >= 11 is 0. The Balaban J connectivity index is 4.40. The van der Waals surface area contributed by atoms with Crippen LogP contribution in [0.3, 0.4) is 0 Å². The molecule has 0 heterocycles. The zero-order valence-corrected chi connectivity index (χ0v) is 32.6. The number of nitrogens with two attached hydrogens (primary N) is 1. The summed E-state index contributed by atoms with van der Waals surface area (Å²) in [7, 11) is 0. The maximum atomic E-state index is 12.7. The van der Waals surface area contributed by atoms with E-state index in [2.05, 4.69) is 110 Å². The van der Waals surface area contributed by atoms with Gasteiger partial charge in [-0.25, -0.2) is 4.79 Å². The second-order valence-corrected chi connectivity index (χ2v) is 12.9. The lowest BCUT2D eigenvalue weighted by Crippen LogP contribution is -2.40. The molecule has 2 atom stereocenters. The van der Waals surface area contributed by atoms with Gasteiger partial charge < -0.3 is 20.9 Å². The number of nitrogens with one attached hydrogen (secondary N) is 1. The Kier molecular flexibility index (Phi) is 35.8. The molecule has 4 N–H and O–H groups in total. The minimum absolute atomic E-state index is 0.149. The first kappa shape index (κ1) is 48.3. The molecule has 52 heavy (non-hydrogen) atoms. The SMILES string of the molecule is CC/C=C\C/C=C\C/C=C\C/C=C\C/C=C\CCCCCC(=O)OC(/C=C\C/C=C\C/C=C\CC)CCCCCCC(=O)NC(CCCN)C(=O)O. The number of allylic oxidation sites excluding steroid dienone is 15. The normalized spacial score (nSPS) is 13.8. The van der Waals surface area contributed by atoms with Crippen LogP contribution < -0.4 is 11.1 Å². The zero-order valence-electron chi connectivity index (χ0n) is 32.6. The quantitative estimate of drug-likeness (QED) is 0.0346. The van der Waals surface area contributed by atoms with Gasteiger partial charge in [-0.1, -0.05) is 124 Å². The van der Waals surface area contributed by atoms with Crippen molar-refractivity contribution in [1.82, 2.24) is 5.32 Å². The van der Waals surface area contributed by atoms with Crippen LogP contribution in [-0.2, 0) is 19.1 Å². The van der Waals surface area contributed by atoms with Gasteiger partial charge in [0.25, 0.3) is 0 Å². The van der Waals surface area contributed by atoms with Gasteiger partial charge in [0.15, 0.2) is 0 Å². The lowest BCUT2D eigenvalue weighted by molar-refractivity contribution is -0.147. The van der Waals surface area contributed by atoms with E-state index in [4.69, 9.17) is 10.5 Å². The highest BCUT2D eigenvalue weighted by atomic mass is 16.5. The van der Waals surface area contributed by atoms with Gasteiger partial charge >= 0.3 is 11.9 Å². The second-order valence-electron chi connectivity index (χ2n) is 12.9. The number of esters is 1. The summed E-state index contributed by atoms with van der Waals surface area (Å²) in [5.74, 6) is -1.42. The topological polar surface area (TPSA) is 119 Å². The first-order valence-electron chi connectivity index (χ1n) is 20.1. The fourth-order valence-electron chi connectivity index (χ4n) is 5.17. The molecule has 0 aromatic rings. The molecule has 0 radical (unpaired) electrons. The first-order chi connectivity index (χ1) is 25.4. The molecule has 7 heteroatoms. The van der Waals surface area contributed by atoms with Crippen LogP contribution in [0, 0.1) is 0 Å². The van der Waals surface area contributed by atoms with Crippen LogP contribution in [0.5, 0.6) is 0 Å². The number of rotatable bonds is 34. The van der Waals surface area contributed by atoms with Gasteiger partial charge in [-0.15, -0.1) is 0 Å². The number of aliphatic carboxylic acids is 1. The van der Waals surface area contributed by atoms with Crippen LogP contribution in [0.15, 0.2) is 97.2 Å². The molecule has 0 aliphatic rings. The Hall–Kier alpha value is -3.71. The third-order valence-electron chi connectivity index (χ3n) is 8.13. The summed E-state index contributed by atoms with van der Waals surface area (Å²) < 4.78 is 5.87. The molecule has 1 amide bonds. The van der Waals surface area contributed by atoms with Crippen molar-refractivity contribution < 1.29 is 24.2 Å². The Labute approximate surface area is 317 Å². The second kappa shape index (κ2) is 38.5. The molecule has 0 saturated carbocycles. The number of carbonyl (C=O) groups is 3. The van der Waals surface area contributed by atoms with Crippen molar-refractivity contribution in [3.8, 4) is 0 Å². The van der Waals surface area contributed by atoms with Gasteiger partial charge in [-0.2, -0.15) is 0 Å². The smallest absolute Gasteiger partial charge is 0.326 e. The first-order valence-corrected chi connectivity index (χ1v) is 20.1. The highest BCUT2D eigenvalue weighted by Crippen LogP contribution is 2.14. The fraction of sp³-hybridized carbons (Fsp3) is 0.578. The third kappa shape index (κ3) is 34.7. The minimum Gasteiger partial charge on any atom is -0.480 e. The van der Waals surface area contributed by atoms with Gasteiger partial charge in [0.1, 0.15) is 12.1 Å². The molecule has 292 valence electrons. The summed E-state index contributed by atoms with van der Waals surface area (Å²) in [5.41, 5.74) is 5.47. The van der Waals surface area contributed by atoms with Crippen LogP contribution in [0.2, 0.25) is 0 Å². The molecule has 0 spiro atoms. The molecule has 0 fully saturated rings. The maximum absolute atomic E-state index is 12.7. The molecular formula is C45H72N2O5. The lowest BCUT2D eigenvalue weighted by atomic mass is 10.1. The zero-order chi connectivity index (χ0) is 38.2. The highest BCUT2D eigenvalue weighted by Gasteiger charge is 2.18. The van der Waals surface area contributed by atoms with E-state index in [1.165, 1.54) is 0 Å². The summed E-state index contributed by atoms with van der Waals surface area (Å²) in [4.78, 5) is 36.2. The molecule has 2 unspecified atom stereocenters. The van der Waals surface area contributed by atoms with E-state index >= 15 is 0 Å². The highest BCUT2D eigenvalue weighted by molar-refractivity contribution is 5.83. The molecular weight excluding hydrogens is 649 g/mol. The summed E-state index contributed by atoms with van der Waals surface area (Å²) in [5, 5.41) is 11.9. The van der Waals surface area contributed by atoms with Gasteiger partial charge in [-0.05, 0) is 115 Å². The molecule has 0 bridgehead atoms. The van der Waals surface area contributed by atoms with Crippen molar-refractivity contribution in [2.24, 2.45) is 5.73 Å². The Morgan fingerprint density at radius 3 is 1.60 bits per heavy atom. The van der Waals surface area contributed by atoms with E-state index < -0.39 is 12.0 Å². The third-order valence-corrected chi connectivity index (χ3v) is 8.13. The van der Waals surface area contributed by atoms with E-state index in [1.54, 1.807) is 0 Å². The minimum atomic E-state index is -1.03. The van der Waals surface area contributed by atoms with Gasteiger partial charge in [0.05, 0.1) is 0 Å². The summed E-state index contributed by atoms with van der Waals surface area (Å²) in [6.07, 6.45) is 51.8. The van der Waals surface area contributed by atoms with Crippen molar-refractivity contribution in [2.75, 3.05) is 6.54 Å². The van der Waals surface area contributed by atoms with Crippen molar-refractivity contribution in [3.63, 3.8) is 0 Å². The fourth-order valence-corrected chi connectivity index (χ4v) is 5.17. The molecule has 0 rings (SSSR count). The Bertz CT molecular complexity index is 1130. The number of hydrogen-bond acceptors (Lipinski definition) is 5. The predicted octanol–water partition coefficient (Wildman–Crippen LogP) is 11.1. The molecule has 0 aliphatic carbocycles. The van der Waals surface area contributed by atoms with Crippen LogP contribution in [0.25, 0.3) is 0 Å². The predicted molar refractivity (Wildman–Crippen MR) is 220 cm³/mol. The summed E-state index contributed by atoms with van der Waals surface area (Å²) in [6.45, 7) is 4.67. The van der Waals surface area contributed by atoms with Gasteiger partial charge in [0, 0.05) is 12.8 Å². The maximum Gasteiger partial charge on any atom is 0.326 e. The average molecular weight is 721 g/mol. The van der Waals surface area contributed by atoms with E-state index in [9.17, 15) is 19.5 Å². The van der Waals surface area contributed by atoms with Crippen LogP contribution in [0.1, 0.15) is 149 Å². The van der Waals surface area contributed by atoms with Crippen LogP contribution >= 0.6 is 0 Å². The molecule has 7 nitrogen and oxygen atoms in total. The number of hydrogen-bond donors (Lipinski definition) is 3. The van der Waals surface area contributed by atoms with E-state index in [1.807, 2.05) is 6.08 Å². The van der Waals surface area contributed by atoms with Crippen LogP contribution in [0.4, 0.5) is 0 Å². The number of amides is 1. The van der Waals surface area contributed by atoms with Gasteiger partial charge in [-0.3, -0.25) is 9.59 Å². The lowest BCUT2D eigenvalue weighted by Gasteiger charge is -2.15. The van der Waals surface area contributed by atoms with Crippen molar-refractivity contribution in [3.05, 3.63) is 97.2 Å². The van der Waals surface area contributed by atoms with Crippen molar-refractivity contribution in [1.29, 1.82) is 0 Å². The number of carboxylic acid groups (broad SMARTS) is 1. The standard InChI is InChI=1S/C45H72N2O5/c1-3-5-7-9-11-13-14-15-16-17-18-19-20-21-22-23-25-27-33-39-44(49)52-41(35-30-26-24-12-10-8-6-4-2)36-31-28-29-32-38-43(48)47-42(45(50)51)37-34-40-46/h5-8,11-13,15-16,18-19,21-22,24,30,35,41-42H,3-4,9-10,14,17,20,23,25-29,31-34,36-40,46H2,1-2H3,(H,47,48)(H,50,51)/b7-5-,8-6-,13-11-,16-15-,19-18-,22-21-,24-12-,35-30-. The Morgan fingerprint density at radius 2 is 1.06 bits per heavy atom. The largest absolute Gasteiger partial charge is 0.480 e. The Morgan fingerprint density at radius 1 is 0.577 bits per heavy atom.